The van der Waals surface area contributed by atoms with E-state index in [0.29, 0.717) is 6.61 Å². The Morgan fingerprint density at radius 3 is 3.18 bits per heavy atom. The van der Waals surface area contributed by atoms with E-state index in [1.165, 1.54) is 6.20 Å². The fraction of sp³-hybridized carbons (Fsp3) is 0.400. The maximum Gasteiger partial charge on any atom is 0.349 e. The molecule has 1 rings (SSSR count). The molecule has 60 valence electrons. The van der Waals surface area contributed by atoms with Gasteiger partial charge in [0.25, 0.3) is 0 Å². The standard InChI is InChI=1S/C5H7N3O3/c1-2-11-5-4(8(9)10)3-6-7-5/h3H,2H2,1H3,(H,6,7). The topological polar surface area (TPSA) is 81.0 Å². The van der Waals surface area contributed by atoms with Crippen molar-refractivity contribution < 1.29 is 9.66 Å². The van der Waals surface area contributed by atoms with Gasteiger partial charge in [-0.2, -0.15) is 0 Å². The average molecular weight is 157 g/mol. The summed E-state index contributed by atoms with van der Waals surface area (Å²) in [7, 11) is 0. The molecule has 1 N–H and O–H groups in total. The van der Waals surface area contributed by atoms with Crippen molar-refractivity contribution in [2.75, 3.05) is 6.61 Å². The van der Waals surface area contributed by atoms with E-state index in [1.54, 1.807) is 6.92 Å². The monoisotopic (exact) mass is 157 g/mol. The quantitative estimate of drug-likeness (QED) is 0.517. The number of nitrogens with zero attached hydrogens (tertiary/aromatic N) is 2. The number of hydrogen-bond acceptors (Lipinski definition) is 4. The molecule has 6 heteroatoms. The lowest BCUT2D eigenvalue weighted by Gasteiger charge is -1.94. The first kappa shape index (κ1) is 7.52. The number of aromatic nitrogens is 2. The van der Waals surface area contributed by atoms with Gasteiger partial charge < -0.3 is 4.74 Å². The fourth-order valence-electron chi connectivity index (χ4n) is 0.645. The van der Waals surface area contributed by atoms with Crippen molar-refractivity contribution in [1.82, 2.24) is 10.2 Å². The summed E-state index contributed by atoms with van der Waals surface area (Å²) < 4.78 is 4.85. The van der Waals surface area contributed by atoms with Crippen LogP contribution in [0, 0.1) is 10.1 Å². The molecule has 0 saturated carbocycles. The van der Waals surface area contributed by atoms with Crippen molar-refractivity contribution in [3.8, 4) is 5.88 Å². The Bertz CT molecular complexity index is 257. The summed E-state index contributed by atoms with van der Waals surface area (Å²) in [4.78, 5) is 9.68. The van der Waals surface area contributed by atoms with Gasteiger partial charge in [-0.1, -0.05) is 0 Å². The Hall–Kier alpha value is -1.59. The van der Waals surface area contributed by atoms with E-state index in [9.17, 15) is 10.1 Å². The van der Waals surface area contributed by atoms with Gasteiger partial charge in [-0.05, 0) is 6.92 Å². The van der Waals surface area contributed by atoms with E-state index in [4.69, 9.17) is 4.74 Å². The number of nitrogens with one attached hydrogen (secondary N) is 1. The van der Waals surface area contributed by atoms with Crippen LogP contribution in [-0.4, -0.2) is 21.7 Å². The number of hydrogen-bond donors (Lipinski definition) is 1. The highest BCUT2D eigenvalue weighted by atomic mass is 16.6. The largest absolute Gasteiger partial charge is 0.472 e. The van der Waals surface area contributed by atoms with Gasteiger partial charge in [0.1, 0.15) is 6.20 Å². The number of aromatic amines is 1. The first-order valence-electron chi connectivity index (χ1n) is 3.06. The van der Waals surface area contributed by atoms with Gasteiger partial charge in [-0.25, -0.2) is 0 Å². The molecule has 1 aromatic heterocycles. The summed E-state index contributed by atoms with van der Waals surface area (Å²) >= 11 is 0. The minimum absolute atomic E-state index is 0.0394. The zero-order valence-electron chi connectivity index (χ0n) is 5.90. The zero-order chi connectivity index (χ0) is 8.27. The van der Waals surface area contributed by atoms with Crippen LogP contribution in [0.3, 0.4) is 0 Å². The maximum absolute atomic E-state index is 10.2. The Morgan fingerprint density at radius 2 is 2.64 bits per heavy atom. The molecule has 1 aromatic rings. The first-order valence-corrected chi connectivity index (χ1v) is 3.06. The Balaban J connectivity index is 2.87. The highest BCUT2D eigenvalue weighted by Crippen LogP contribution is 2.21. The molecular formula is C5H7N3O3. The van der Waals surface area contributed by atoms with E-state index >= 15 is 0 Å². The van der Waals surface area contributed by atoms with Crippen LogP contribution in [-0.2, 0) is 0 Å². The molecule has 6 nitrogen and oxygen atoms in total. The molecule has 11 heavy (non-hydrogen) atoms. The number of H-pyrrole nitrogens is 1. The molecule has 0 atom stereocenters. The van der Waals surface area contributed by atoms with Crippen molar-refractivity contribution in [1.29, 1.82) is 0 Å². The van der Waals surface area contributed by atoms with E-state index in [1.807, 2.05) is 0 Å². The normalized spacial score (nSPS) is 9.55. The van der Waals surface area contributed by atoms with Crippen LogP contribution in [0.25, 0.3) is 0 Å². The highest BCUT2D eigenvalue weighted by Gasteiger charge is 2.16. The predicted octanol–water partition coefficient (Wildman–Crippen LogP) is 0.717. The molecule has 0 spiro atoms. The molecule has 0 aliphatic rings. The van der Waals surface area contributed by atoms with E-state index in [-0.39, 0.29) is 11.6 Å². The molecule has 0 unspecified atom stereocenters. The minimum atomic E-state index is -0.547. The zero-order valence-corrected chi connectivity index (χ0v) is 5.90. The number of nitro groups is 1. The van der Waals surface area contributed by atoms with E-state index in [0.717, 1.165) is 0 Å². The summed E-state index contributed by atoms with van der Waals surface area (Å²) in [5.41, 5.74) is -0.133. The second-order valence-corrected chi connectivity index (χ2v) is 1.77. The molecule has 0 saturated heterocycles. The lowest BCUT2D eigenvalue weighted by molar-refractivity contribution is -0.385. The molecular weight excluding hydrogens is 150 g/mol. The van der Waals surface area contributed by atoms with Crippen LogP contribution >= 0.6 is 0 Å². The van der Waals surface area contributed by atoms with Crippen LogP contribution < -0.4 is 4.74 Å². The Morgan fingerprint density at radius 1 is 1.91 bits per heavy atom. The smallest absolute Gasteiger partial charge is 0.349 e. The summed E-state index contributed by atoms with van der Waals surface area (Å²) in [6.07, 6.45) is 1.19. The molecule has 0 fully saturated rings. The lowest BCUT2D eigenvalue weighted by Crippen LogP contribution is -1.95. The molecule has 0 aliphatic heterocycles. The first-order chi connectivity index (χ1) is 5.25. The number of ether oxygens (including phenoxy) is 1. The van der Waals surface area contributed by atoms with E-state index in [2.05, 4.69) is 10.2 Å². The molecule has 0 bridgehead atoms. The van der Waals surface area contributed by atoms with Gasteiger partial charge >= 0.3 is 11.6 Å². The minimum Gasteiger partial charge on any atom is -0.472 e. The van der Waals surface area contributed by atoms with Gasteiger partial charge in [0.2, 0.25) is 0 Å². The van der Waals surface area contributed by atoms with Gasteiger partial charge in [-0.3, -0.25) is 15.2 Å². The molecule has 0 radical (unpaired) electrons. The summed E-state index contributed by atoms with van der Waals surface area (Å²) in [6, 6.07) is 0. The van der Waals surface area contributed by atoms with Gasteiger partial charge in [-0.15, -0.1) is 5.10 Å². The molecule has 1 heterocycles. The van der Waals surface area contributed by atoms with Crippen LogP contribution in [0.15, 0.2) is 6.20 Å². The molecule has 0 amide bonds. The van der Waals surface area contributed by atoms with Crippen molar-refractivity contribution in [3.05, 3.63) is 16.3 Å². The Labute approximate surface area is 62.3 Å². The molecule has 0 aromatic carbocycles. The van der Waals surface area contributed by atoms with Crippen LogP contribution in [0.1, 0.15) is 6.92 Å². The summed E-state index contributed by atoms with van der Waals surface area (Å²) in [5, 5.41) is 16.1. The van der Waals surface area contributed by atoms with Gasteiger partial charge in [0.15, 0.2) is 0 Å². The van der Waals surface area contributed by atoms with Crippen molar-refractivity contribution >= 4 is 5.69 Å². The molecule has 0 aliphatic carbocycles. The van der Waals surface area contributed by atoms with Crippen LogP contribution in [0.4, 0.5) is 5.69 Å². The SMILES string of the molecule is CCOc1n[nH]cc1[N+](=O)[O-]. The van der Waals surface area contributed by atoms with Gasteiger partial charge in [0, 0.05) is 0 Å². The second-order valence-electron chi connectivity index (χ2n) is 1.77. The Kier molecular flexibility index (Phi) is 2.05. The summed E-state index contributed by atoms with van der Waals surface area (Å²) in [5.74, 6) is 0.0394. The third kappa shape index (κ3) is 1.46. The van der Waals surface area contributed by atoms with Crippen molar-refractivity contribution in [3.63, 3.8) is 0 Å². The highest BCUT2D eigenvalue weighted by molar-refractivity contribution is 5.37. The predicted molar refractivity (Wildman–Crippen MR) is 36.4 cm³/mol. The van der Waals surface area contributed by atoms with E-state index < -0.39 is 4.92 Å². The fourth-order valence-corrected chi connectivity index (χ4v) is 0.645. The maximum atomic E-state index is 10.2. The third-order valence-electron chi connectivity index (χ3n) is 1.06. The van der Waals surface area contributed by atoms with Crippen molar-refractivity contribution in [2.45, 2.75) is 6.92 Å². The average Bonchev–Trinajstić information content (AvgIpc) is 2.36. The van der Waals surface area contributed by atoms with Crippen LogP contribution in [0.2, 0.25) is 0 Å². The lowest BCUT2D eigenvalue weighted by atomic mass is 10.6. The van der Waals surface area contributed by atoms with Crippen LogP contribution in [0.5, 0.6) is 5.88 Å². The summed E-state index contributed by atoms with van der Waals surface area (Å²) in [6.45, 7) is 2.10. The number of rotatable bonds is 3. The third-order valence-corrected chi connectivity index (χ3v) is 1.06. The second kappa shape index (κ2) is 3.00. The van der Waals surface area contributed by atoms with Gasteiger partial charge in [0.05, 0.1) is 11.5 Å². The van der Waals surface area contributed by atoms with Crippen molar-refractivity contribution in [2.24, 2.45) is 0 Å².